The third-order valence-corrected chi connectivity index (χ3v) is 4.30. The molecule has 1 unspecified atom stereocenters. The first-order valence-corrected chi connectivity index (χ1v) is 7.24. The Morgan fingerprint density at radius 1 is 1.35 bits per heavy atom. The smallest absolute Gasteiger partial charge is 0.184 e. The summed E-state index contributed by atoms with van der Waals surface area (Å²) in [4.78, 5) is 20.9. The van der Waals surface area contributed by atoms with Crippen molar-refractivity contribution < 1.29 is 14.3 Å². The van der Waals surface area contributed by atoms with Crippen LogP contribution >= 0.6 is 0 Å². The van der Waals surface area contributed by atoms with E-state index in [4.69, 9.17) is 9.47 Å². The molecule has 0 aliphatic carbocycles. The van der Waals surface area contributed by atoms with Gasteiger partial charge in [0.05, 0.1) is 5.60 Å². The predicted molar refractivity (Wildman–Crippen MR) is 72.6 cm³/mol. The summed E-state index contributed by atoms with van der Waals surface area (Å²) < 4.78 is 11.4. The number of rotatable bonds is 2. The maximum Gasteiger partial charge on any atom is 0.184 e. The fourth-order valence-corrected chi connectivity index (χ4v) is 3.15. The van der Waals surface area contributed by atoms with Gasteiger partial charge in [-0.2, -0.15) is 0 Å². The van der Waals surface area contributed by atoms with E-state index in [2.05, 4.69) is 9.97 Å². The molecule has 2 fully saturated rings. The topological polar surface area (TPSA) is 61.3 Å². The molecule has 5 heteroatoms. The van der Waals surface area contributed by atoms with Gasteiger partial charge in [-0.1, -0.05) is 0 Å². The lowest BCUT2D eigenvalue weighted by Gasteiger charge is -2.42. The van der Waals surface area contributed by atoms with Gasteiger partial charge in [0, 0.05) is 31.9 Å². The average molecular weight is 276 g/mol. The molecule has 1 atom stereocenters. The van der Waals surface area contributed by atoms with Crippen LogP contribution in [0.2, 0.25) is 0 Å². The first-order chi connectivity index (χ1) is 9.69. The quantitative estimate of drug-likeness (QED) is 0.773. The van der Waals surface area contributed by atoms with Crippen molar-refractivity contribution in [1.82, 2.24) is 9.97 Å². The minimum absolute atomic E-state index is 0.0103. The maximum atomic E-state index is 12.6. The molecule has 0 bridgehead atoms. The van der Waals surface area contributed by atoms with Crippen LogP contribution in [0.1, 0.15) is 42.0 Å². The van der Waals surface area contributed by atoms with Crippen LogP contribution in [0.25, 0.3) is 0 Å². The van der Waals surface area contributed by atoms with Gasteiger partial charge in [-0.05, 0) is 38.7 Å². The Bertz CT molecular complexity index is 492. The van der Waals surface area contributed by atoms with Crippen LogP contribution < -0.4 is 0 Å². The normalized spacial score (nSPS) is 25.6. The van der Waals surface area contributed by atoms with Gasteiger partial charge in [-0.15, -0.1) is 0 Å². The number of aromatic nitrogens is 2. The molecule has 2 aliphatic rings. The molecule has 0 N–H and O–H groups in total. The molecule has 108 valence electrons. The molecule has 3 rings (SSSR count). The number of carbonyl (C=O) groups excluding carboxylic acids is 1. The van der Waals surface area contributed by atoms with Crippen LogP contribution in [0.15, 0.2) is 12.3 Å². The molecular weight excluding hydrogens is 256 g/mol. The number of carbonyl (C=O) groups is 1. The van der Waals surface area contributed by atoms with Gasteiger partial charge < -0.3 is 9.47 Å². The molecule has 1 aromatic heterocycles. The van der Waals surface area contributed by atoms with E-state index < -0.39 is 0 Å². The zero-order valence-electron chi connectivity index (χ0n) is 11.8. The van der Waals surface area contributed by atoms with Crippen molar-refractivity contribution in [3.63, 3.8) is 0 Å². The van der Waals surface area contributed by atoms with Crippen molar-refractivity contribution in [3.8, 4) is 0 Å². The Morgan fingerprint density at radius 2 is 2.15 bits per heavy atom. The fourth-order valence-electron chi connectivity index (χ4n) is 3.15. The van der Waals surface area contributed by atoms with E-state index in [1.165, 1.54) is 0 Å². The zero-order valence-corrected chi connectivity index (χ0v) is 11.8. The number of Topliss-reactive ketones (excluding diaryl/α,β-unsaturated/α-hetero) is 1. The van der Waals surface area contributed by atoms with Gasteiger partial charge in [0.15, 0.2) is 5.78 Å². The van der Waals surface area contributed by atoms with Crippen LogP contribution in [-0.2, 0) is 9.47 Å². The number of hydrogen-bond acceptors (Lipinski definition) is 5. The highest BCUT2D eigenvalue weighted by molar-refractivity contribution is 5.96. The Hall–Kier alpha value is -1.33. The summed E-state index contributed by atoms with van der Waals surface area (Å²) in [7, 11) is 0. The second-order valence-corrected chi connectivity index (χ2v) is 5.69. The highest BCUT2D eigenvalue weighted by atomic mass is 16.5. The lowest BCUT2D eigenvalue weighted by molar-refractivity contribution is -0.142. The molecule has 5 nitrogen and oxygen atoms in total. The van der Waals surface area contributed by atoms with E-state index in [0.717, 1.165) is 38.9 Å². The molecule has 0 amide bonds. The molecule has 0 radical (unpaired) electrons. The predicted octanol–water partition coefficient (Wildman–Crippen LogP) is 1.94. The monoisotopic (exact) mass is 276 g/mol. The molecule has 0 aromatic carbocycles. The SMILES string of the molecule is Cc1nccc(C(=O)C2CCOC3(CCOCC3)C2)n1. The number of aryl methyl sites for hydroxylation is 1. The summed E-state index contributed by atoms with van der Waals surface area (Å²) in [6, 6.07) is 1.71. The van der Waals surface area contributed by atoms with E-state index in [1.54, 1.807) is 19.2 Å². The van der Waals surface area contributed by atoms with Crippen molar-refractivity contribution >= 4 is 5.78 Å². The third-order valence-electron chi connectivity index (χ3n) is 4.30. The van der Waals surface area contributed by atoms with E-state index in [0.29, 0.717) is 18.1 Å². The number of hydrogen-bond donors (Lipinski definition) is 0. The first kappa shape index (κ1) is 13.6. The van der Waals surface area contributed by atoms with Crippen molar-refractivity contribution in [2.24, 2.45) is 5.92 Å². The van der Waals surface area contributed by atoms with E-state index in [-0.39, 0.29) is 17.3 Å². The summed E-state index contributed by atoms with van der Waals surface area (Å²) in [5.41, 5.74) is 0.380. The van der Waals surface area contributed by atoms with E-state index in [9.17, 15) is 4.79 Å². The lowest BCUT2D eigenvalue weighted by atomic mass is 9.78. The van der Waals surface area contributed by atoms with E-state index >= 15 is 0 Å². The molecule has 2 aliphatic heterocycles. The van der Waals surface area contributed by atoms with Crippen LogP contribution in [0, 0.1) is 12.8 Å². The van der Waals surface area contributed by atoms with Gasteiger partial charge in [0.25, 0.3) is 0 Å². The average Bonchev–Trinajstić information content (AvgIpc) is 2.47. The fraction of sp³-hybridized carbons (Fsp3) is 0.667. The van der Waals surface area contributed by atoms with Crippen LogP contribution in [-0.4, -0.2) is 41.2 Å². The van der Waals surface area contributed by atoms with Crippen LogP contribution in [0.5, 0.6) is 0 Å². The highest BCUT2D eigenvalue weighted by Gasteiger charge is 2.41. The van der Waals surface area contributed by atoms with Gasteiger partial charge in [-0.3, -0.25) is 4.79 Å². The maximum absolute atomic E-state index is 12.6. The Morgan fingerprint density at radius 3 is 2.90 bits per heavy atom. The second-order valence-electron chi connectivity index (χ2n) is 5.69. The summed E-state index contributed by atoms with van der Waals surface area (Å²) in [5, 5.41) is 0. The molecule has 1 spiro atoms. The van der Waals surface area contributed by atoms with E-state index in [1.807, 2.05) is 0 Å². The standard InChI is InChI=1S/C15H20N2O3/c1-11-16-6-2-13(17-11)14(18)12-3-7-20-15(10-12)4-8-19-9-5-15/h2,6,12H,3-5,7-10H2,1H3. The zero-order chi connectivity index (χ0) is 14.0. The van der Waals surface area contributed by atoms with Crippen molar-refractivity contribution in [2.45, 2.75) is 38.2 Å². The second kappa shape index (κ2) is 5.58. The van der Waals surface area contributed by atoms with Gasteiger partial charge >= 0.3 is 0 Å². The first-order valence-electron chi connectivity index (χ1n) is 7.24. The van der Waals surface area contributed by atoms with Crippen molar-refractivity contribution in [3.05, 3.63) is 23.8 Å². The van der Waals surface area contributed by atoms with Crippen LogP contribution in [0.3, 0.4) is 0 Å². The molecule has 20 heavy (non-hydrogen) atoms. The van der Waals surface area contributed by atoms with Gasteiger partial charge in [0.2, 0.25) is 0 Å². The summed E-state index contributed by atoms with van der Waals surface area (Å²) in [5.74, 6) is 0.782. The number of nitrogens with zero attached hydrogens (tertiary/aromatic N) is 2. The Balaban J connectivity index is 1.74. The minimum atomic E-state index is -0.154. The minimum Gasteiger partial charge on any atom is -0.381 e. The summed E-state index contributed by atoms with van der Waals surface area (Å²) >= 11 is 0. The molecular formula is C15H20N2O3. The third kappa shape index (κ3) is 2.74. The summed E-state index contributed by atoms with van der Waals surface area (Å²) in [6.45, 7) is 3.92. The Kier molecular flexibility index (Phi) is 3.81. The highest BCUT2D eigenvalue weighted by Crippen LogP contribution is 2.38. The molecule has 2 saturated heterocycles. The summed E-state index contributed by atoms with van der Waals surface area (Å²) in [6.07, 6.45) is 5.00. The molecule has 3 heterocycles. The van der Waals surface area contributed by atoms with Crippen LogP contribution in [0.4, 0.5) is 0 Å². The number of ether oxygens (including phenoxy) is 2. The van der Waals surface area contributed by atoms with Crippen molar-refractivity contribution in [1.29, 1.82) is 0 Å². The Labute approximate surface area is 118 Å². The molecule has 1 aromatic rings. The van der Waals surface area contributed by atoms with Gasteiger partial charge in [0.1, 0.15) is 11.5 Å². The largest absolute Gasteiger partial charge is 0.381 e. The number of ketones is 1. The molecule has 0 saturated carbocycles. The lowest BCUT2D eigenvalue weighted by Crippen LogP contribution is -2.46. The van der Waals surface area contributed by atoms with Gasteiger partial charge in [-0.25, -0.2) is 9.97 Å². The van der Waals surface area contributed by atoms with Crippen molar-refractivity contribution in [2.75, 3.05) is 19.8 Å².